The van der Waals surface area contributed by atoms with Crippen molar-refractivity contribution in [3.63, 3.8) is 0 Å². The topological polar surface area (TPSA) is 47.6 Å². The molecule has 24 heavy (non-hydrogen) atoms. The number of methoxy groups -OCH3 is 1. The van der Waals surface area contributed by atoms with Gasteiger partial charge in [-0.3, -0.25) is 4.79 Å². The maximum atomic E-state index is 12.3. The maximum Gasteiger partial charge on any atom is 0.387 e. The minimum Gasteiger partial charge on any atom is -0.496 e. The largest absolute Gasteiger partial charge is 0.496 e. The zero-order valence-corrected chi connectivity index (χ0v) is 14.2. The van der Waals surface area contributed by atoms with Crippen molar-refractivity contribution in [2.45, 2.75) is 6.61 Å². The number of hydrogen-bond donors (Lipinski definition) is 1. The van der Waals surface area contributed by atoms with Crippen LogP contribution < -0.4 is 14.8 Å². The summed E-state index contributed by atoms with van der Waals surface area (Å²) in [6, 6.07) is 11.6. The van der Waals surface area contributed by atoms with E-state index in [1.165, 1.54) is 18.2 Å². The number of halogens is 3. The molecule has 0 fully saturated rings. The van der Waals surface area contributed by atoms with Gasteiger partial charge in [-0.25, -0.2) is 0 Å². The van der Waals surface area contributed by atoms with Crippen LogP contribution in [0.15, 0.2) is 53.0 Å². The molecule has 0 spiro atoms. The second-order valence-corrected chi connectivity index (χ2v) is 5.44. The highest BCUT2D eigenvalue weighted by Gasteiger charge is 2.10. The minimum atomic E-state index is -2.95. The lowest BCUT2D eigenvalue weighted by molar-refractivity contribution is -0.111. The van der Waals surface area contributed by atoms with Crippen molar-refractivity contribution < 1.29 is 23.0 Å². The Morgan fingerprint density at radius 1 is 1.21 bits per heavy atom. The van der Waals surface area contributed by atoms with E-state index in [0.717, 1.165) is 5.56 Å². The van der Waals surface area contributed by atoms with E-state index in [1.54, 1.807) is 31.4 Å². The molecule has 2 aromatic carbocycles. The molecule has 126 valence electrons. The van der Waals surface area contributed by atoms with E-state index in [9.17, 15) is 13.6 Å². The number of nitrogens with one attached hydrogen (secondary N) is 1. The van der Waals surface area contributed by atoms with E-state index in [0.29, 0.717) is 15.9 Å². The van der Waals surface area contributed by atoms with Gasteiger partial charge in [0.2, 0.25) is 5.91 Å². The highest BCUT2D eigenvalue weighted by atomic mass is 79.9. The van der Waals surface area contributed by atoms with Crippen molar-refractivity contribution in [1.29, 1.82) is 0 Å². The lowest BCUT2D eigenvalue weighted by Gasteiger charge is -2.09. The van der Waals surface area contributed by atoms with Crippen LogP contribution >= 0.6 is 15.9 Å². The van der Waals surface area contributed by atoms with E-state index in [2.05, 4.69) is 26.0 Å². The fraction of sp³-hybridized carbons (Fsp3) is 0.118. The van der Waals surface area contributed by atoms with Crippen LogP contribution in [0, 0.1) is 0 Å². The number of alkyl halides is 2. The summed E-state index contributed by atoms with van der Waals surface area (Å²) in [5.74, 6) is 0.167. The van der Waals surface area contributed by atoms with E-state index in [4.69, 9.17) is 4.74 Å². The summed E-state index contributed by atoms with van der Waals surface area (Å²) in [5, 5.41) is 2.58. The minimum absolute atomic E-state index is 0.0588. The molecule has 0 aliphatic rings. The van der Waals surface area contributed by atoms with E-state index in [1.807, 2.05) is 12.1 Å². The molecule has 2 rings (SSSR count). The van der Waals surface area contributed by atoms with Gasteiger partial charge in [-0.2, -0.15) is 8.78 Å². The molecule has 0 aliphatic carbocycles. The van der Waals surface area contributed by atoms with Gasteiger partial charge in [-0.15, -0.1) is 0 Å². The first-order valence-electron chi connectivity index (χ1n) is 6.86. The maximum absolute atomic E-state index is 12.3. The molecule has 0 aliphatic heterocycles. The van der Waals surface area contributed by atoms with Crippen molar-refractivity contribution in [2.75, 3.05) is 12.4 Å². The molecule has 1 N–H and O–H groups in total. The van der Waals surface area contributed by atoms with Gasteiger partial charge in [-0.1, -0.05) is 18.2 Å². The summed E-state index contributed by atoms with van der Waals surface area (Å²) in [5.41, 5.74) is 1.08. The van der Waals surface area contributed by atoms with Gasteiger partial charge < -0.3 is 14.8 Å². The fourth-order valence-corrected chi connectivity index (χ4v) is 2.26. The number of amides is 1. The first-order valence-corrected chi connectivity index (χ1v) is 7.65. The van der Waals surface area contributed by atoms with Crippen molar-refractivity contribution in [3.05, 3.63) is 58.6 Å². The molecule has 0 saturated carbocycles. The fourth-order valence-electron chi connectivity index (χ4n) is 1.92. The molecular weight excluding hydrogens is 384 g/mol. The quantitative estimate of drug-likeness (QED) is 0.717. The van der Waals surface area contributed by atoms with Gasteiger partial charge in [0, 0.05) is 23.4 Å². The van der Waals surface area contributed by atoms with Gasteiger partial charge in [0.15, 0.2) is 0 Å². The number of hydrogen-bond acceptors (Lipinski definition) is 3. The number of para-hydroxylation sites is 1. The molecule has 0 unspecified atom stereocenters. The lowest BCUT2D eigenvalue weighted by Crippen LogP contribution is -2.08. The van der Waals surface area contributed by atoms with Crippen LogP contribution in [-0.2, 0) is 4.79 Å². The highest BCUT2D eigenvalue weighted by molar-refractivity contribution is 9.10. The van der Waals surface area contributed by atoms with E-state index in [-0.39, 0.29) is 5.75 Å². The number of benzene rings is 2. The standard InChI is InChI=1S/C17H14BrF2NO3/c1-23-14-5-3-2-4-11(14)6-9-16(22)21-12-7-8-13(18)15(10-12)24-17(19)20/h2-10,17H,1H3,(H,21,22)/b9-6+. The molecule has 0 bridgehead atoms. The monoisotopic (exact) mass is 397 g/mol. The van der Waals surface area contributed by atoms with E-state index < -0.39 is 12.5 Å². The number of carbonyl (C=O) groups is 1. The smallest absolute Gasteiger partial charge is 0.387 e. The normalized spacial score (nSPS) is 10.9. The zero-order valence-electron chi connectivity index (χ0n) is 12.6. The lowest BCUT2D eigenvalue weighted by atomic mass is 10.2. The Balaban J connectivity index is 2.08. The third-order valence-electron chi connectivity index (χ3n) is 2.97. The molecule has 0 heterocycles. The van der Waals surface area contributed by atoms with Crippen molar-refractivity contribution in [1.82, 2.24) is 0 Å². The third kappa shape index (κ3) is 5.06. The second-order valence-electron chi connectivity index (χ2n) is 4.59. The average Bonchev–Trinajstić information content (AvgIpc) is 2.56. The molecule has 1 amide bonds. The summed E-state index contributed by atoms with van der Waals surface area (Å²) in [6.07, 6.45) is 2.93. The first-order chi connectivity index (χ1) is 11.5. The third-order valence-corrected chi connectivity index (χ3v) is 3.62. The Labute approximate surface area is 146 Å². The van der Waals surface area contributed by atoms with Crippen molar-refractivity contribution in [2.24, 2.45) is 0 Å². The van der Waals surface area contributed by atoms with Crippen LogP contribution in [0.2, 0.25) is 0 Å². The molecule has 0 saturated heterocycles. The van der Waals surface area contributed by atoms with Crippen LogP contribution in [0.5, 0.6) is 11.5 Å². The van der Waals surface area contributed by atoms with Crippen molar-refractivity contribution in [3.8, 4) is 11.5 Å². The Bertz CT molecular complexity index is 750. The van der Waals surface area contributed by atoms with Crippen LogP contribution in [0.1, 0.15) is 5.56 Å². The highest BCUT2D eigenvalue weighted by Crippen LogP contribution is 2.29. The first kappa shape index (κ1) is 17.9. The predicted molar refractivity (Wildman–Crippen MR) is 91.4 cm³/mol. The SMILES string of the molecule is COc1ccccc1/C=C/C(=O)Nc1ccc(Br)c(OC(F)F)c1. The summed E-state index contributed by atoms with van der Waals surface area (Å²) >= 11 is 3.10. The van der Waals surface area contributed by atoms with Gasteiger partial charge in [0.1, 0.15) is 11.5 Å². The van der Waals surface area contributed by atoms with Crippen LogP contribution in [-0.4, -0.2) is 19.6 Å². The summed E-state index contributed by atoms with van der Waals surface area (Å²) in [6.45, 7) is -2.95. The van der Waals surface area contributed by atoms with Crippen LogP contribution in [0.3, 0.4) is 0 Å². The Hall–Kier alpha value is -2.41. The molecule has 0 radical (unpaired) electrons. The molecule has 2 aromatic rings. The Kier molecular flexibility index (Phi) is 6.31. The van der Waals surface area contributed by atoms with Gasteiger partial charge in [-0.05, 0) is 40.2 Å². The number of anilines is 1. The summed E-state index contributed by atoms with van der Waals surface area (Å²) in [4.78, 5) is 12.0. The summed E-state index contributed by atoms with van der Waals surface area (Å²) in [7, 11) is 1.54. The molecule has 0 aromatic heterocycles. The summed E-state index contributed by atoms with van der Waals surface area (Å²) < 4.78 is 34.6. The van der Waals surface area contributed by atoms with E-state index >= 15 is 0 Å². The molecular formula is C17H14BrF2NO3. The predicted octanol–water partition coefficient (Wildman–Crippen LogP) is 4.71. The molecule has 0 atom stereocenters. The zero-order chi connectivity index (χ0) is 17.5. The second kappa shape index (κ2) is 8.44. The van der Waals surface area contributed by atoms with Gasteiger partial charge in [0.05, 0.1) is 11.6 Å². The van der Waals surface area contributed by atoms with Gasteiger partial charge in [0.25, 0.3) is 0 Å². The Morgan fingerprint density at radius 2 is 1.96 bits per heavy atom. The Morgan fingerprint density at radius 3 is 2.67 bits per heavy atom. The number of ether oxygens (including phenoxy) is 2. The average molecular weight is 398 g/mol. The molecule has 7 heteroatoms. The molecule has 4 nitrogen and oxygen atoms in total. The number of rotatable bonds is 6. The van der Waals surface area contributed by atoms with Crippen LogP contribution in [0.4, 0.5) is 14.5 Å². The number of carbonyl (C=O) groups excluding carboxylic acids is 1. The van der Waals surface area contributed by atoms with Crippen molar-refractivity contribution >= 4 is 33.6 Å². The van der Waals surface area contributed by atoms with Crippen LogP contribution in [0.25, 0.3) is 6.08 Å². The van der Waals surface area contributed by atoms with Gasteiger partial charge >= 0.3 is 6.61 Å².